The van der Waals surface area contributed by atoms with Crippen LogP contribution in [0.2, 0.25) is 0 Å². The number of ether oxygens (including phenoxy) is 2. The number of nitrogens with one attached hydrogen (secondary N) is 1. The molecule has 7 heteroatoms. The Hall–Kier alpha value is -0.530. The highest BCUT2D eigenvalue weighted by Gasteiger charge is 2.29. The number of alkyl halides is 1. The lowest BCUT2D eigenvalue weighted by atomic mass is 10.1. The van der Waals surface area contributed by atoms with E-state index in [2.05, 4.69) is 52.8 Å². The number of aromatic amines is 1. The van der Waals surface area contributed by atoms with Crippen LogP contribution >= 0.6 is 47.8 Å². The molecule has 0 fully saturated rings. The molecule has 1 N–H and O–H groups in total. The summed E-state index contributed by atoms with van der Waals surface area (Å²) in [6.45, 7) is 2.12. The molecule has 2 heterocycles. The second-order valence-electron chi connectivity index (χ2n) is 4.73. The van der Waals surface area contributed by atoms with Gasteiger partial charge in [0.05, 0.1) is 22.0 Å². The van der Waals surface area contributed by atoms with E-state index in [1.54, 1.807) is 6.92 Å². The Bertz CT molecular complexity index is 726. The molecule has 0 bridgehead atoms. The SMILES string of the molecule is CCOC(=O)c1[nH]c2c(Br)cc3c(c2c1Br)OC(CBr)C3. The van der Waals surface area contributed by atoms with Crippen LogP contribution in [0.5, 0.6) is 5.75 Å². The van der Waals surface area contributed by atoms with Crippen molar-refractivity contribution in [1.82, 2.24) is 4.98 Å². The van der Waals surface area contributed by atoms with Crippen LogP contribution in [0.15, 0.2) is 15.0 Å². The van der Waals surface area contributed by atoms with Gasteiger partial charge in [-0.25, -0.2) is 4.79 Å². The fourth-order valence-electron chi connectivity index (χ4n) is 2.49. The van der Waals surface area contributed by atoms with E-state index in [9.17, 15) is 4.79 Å². The highest BCUT2D eigenvalue weighted by atomic mass is 79.9. The Morgan fingerprint density at radius 1 is 1.52 bits per heavy atom. The lowest BCUT2D eigenvalue weighted by molar-refractivity contribution is 0.0519. The lowest BCUT2D eigenvalue weighted by Crippen LogP contribution is -2.13. The minimum absolute atomic E-state index is 0.116. The number of halogens is 3. The number of hydrogen-bond acceptors (Lipinski definition) is 3. The zero-order chi connectivity index (χ0) is 15.1. The van der Waals surface area contributed by atoms with Crippen molar-refractivity contribution < 1.29 is 14.3 Å². The number of aromatic nitrogens is 1. The van der Waals surface area contributed by atoms with Gasteiger partial charge >= 0.3 is 5.97 Å². The molecule has 1 atom stereocenters. The van der Waals surface area contributed by atoms with Crippen LogP contribution in [0.4, 0.5) is 0 Å². The van der Waals surface area contributed by atoms with Gasteiger partial charge in [-0.2, -0.15) is 0 Å². The largest absolute Gasteiger partial charge is 0.488 e. The van der Waals surface area contributed by atoms with E-state index in [0.29, 0.717) is 16.8 Å². The standard InChI is InChI=1S/C14H12Br3NO3/c1-2-20-14(19)12-10(17)9-11(18-12)8(16)4-6-3-7(5-15)21-13(6)9/h4,7,18H,2-3,5H2,1H3. The van der Waals surface area contributed by atoms with Gasteiger partial charge in [-0.3, -0.25) is 0 Å². The first-order chi connectivity index (χ1) is 10.1. The lowest BCUT2D eigenvalue weighted by Gasteiger charge is -2.07. The van der Waals surface area contributed by atoms with Crippen LogP contribution in [0, 0.1) is 0 Å². The number of rotatable bonds is 3. The molecule has 1 aromatic carbocycles. The van der Waals surface area contributed by atoms with Crippen molar-refractivity contribution in [1.29, 1.82) is 0 Å². The molecule has 0 aliphatic carbocycles. The smallest absolute Gasteiger partial charge is 0.355 e. The Morgan fingerprint density at radius 2 is 2.29 bits per heavy atom. The summed E-state index contributed by atoms with van der Waals surface area (Å²) >= 11 is 10.5. The van der Waals surface area contributed by atoms with Crippen molar-refractivity contribution in [3.63, 3.8) is 0 Å². The van der Waals surface area contributed by atoms with Crippen LogP contribution in [-0.2, 0) is 11.2 Å². The molecule has 4 nitrogen and oxygen atoms in total. The summed E-state index contributed by atoms with van der Waals surface area (Å²) in [4.78, 5) is 15.1. The maximum atomic E-state index is 12.0. The van der Waals surface area contributed by atoms with Crippen LogP contribution in [-0.4, -0.2) is 29.0 Å². The van der Waals surface area contributed by atoms with Gasteiger partial charge in [0, 0.05) is 16.2 Å². The van der Waals surface area contributed by atoms with Crippen molar-refractivity contribution in [3.05, 3.63) is 26.3 Å². The van der Waals surface area contributed by atoms with Crippen LogP contribution < -0.4 is 4.74 Å². The molecule has 0 saturated heterocycles. The molecule has 0 radical (unpaired) electrons. The molecule has 1 aliphatic rings. The van der Waals surface area contributed by atoms with Crippen molar-refractivity contribution >= 4 is 64.7 Å². The molecule has 1 unspecified atom stereocenters. The fraction of sp³-hybridized carbons (Fsp3) is 0.357. The second-order valence-corrected chi connectivity index (χ2v) is 7.02. The number of carbonyl (C=O) groups is 1. The number of fused-ring (bicyclic) bond motifs is 3. The number of esters is 1. The maximum Gasteiger partial charge on any atom is 0.355 e. The summed E-state index contributed by atoms with van der Waals surface area (Å²) in [5.41, 5.74) is 2.37. The summed E-state index contributed by atoms with van der Waals surface area (Å²) in [6, 6.07) is 2.04. The van der Waals surface area contributed by atoms with Gasteiger partial charge in [0.1, 0.15) is 17.5 Å². The average Bonchev–Trinajstić information content (AvgIpc) is 3.00. The van der Waals surface area contributed by atoms with Gasteiger partial charge in [0.2, 0.25) is 0 Å². The Kier molecular flexibility index (Phi) is 4.34. The second kappa shape index (κ2) is 5.93. The van der Waals surface area contributed by atoms with E-state index in [4.69, 9.17) is 9.47 Å². The third-order valence-corrected chi connectivity index (χ3v) is 5.52. The molecule has 0 amide bonds. The van der Waals surface area contributed by atoms with Gasteiger partial charge < -0.3 is 14.5 Å². The average molecular weight is 482 g/mol. The number of hydrogen-bond donors (Lipinski definition) is 1. The van der Waals surface area contributed by atoms with Gasteiger partial charge in [0.25, 0.3) is 0 Å². The zero-order valence-electron chi connectivity index (χ0n) is 11.1. The minimum atomic E-state index is -0.378. The molecule has 21 heavy (non-hydrogen) atoms. The maximum absolute atomic E-state index is 12.0. The summed E-state index contributed by atoms with van der Waals surface area (Å²) in [5.74, 6) is 0.451. The van der Waals surface area contributed by atoms with E-state index >= 15 is 0 Å². The summed E-state index contributed by atoms with van der Waals surface area (Å²) in [7, 11) is 0. The first-order valence-corrected chi connectivity index (χ1v) is 9.19. The molecule has 1 aromatic heterocycles. The van der Waals surface area contributed by atoms with Crippen molar-refractivity contribution in [2.24, 2.45) is 0 Å². The normalized spacial score (nSPS) is 16.9. The zero-order valence-corrected chi connectivity index (χ0v) is 15.9. The van der Waals surface area contributed by atoms with Crippen LogP contribution in [0.1, 0.15) is 23.0 Å². The fourth-order valence-corrected chi connectivity index (χ4v) is 4.06. The first kappa shape index (κ1) is 15.4. The first-order valence-electron chi connectivity index (χ1n) is 6.49. The van der Waals surface area contributed by atoms with Crippen molar-refractivity contribution in [3.8, 4) is 5.75 Å². The minimum Gasteiger partial charge on any atom is -0.488 e. The topological polar surface area (TPSA) is 51.3 Å². The molecule has 1 aliphatic heterocycles. The Balaban J connectivity index is 2.20. The highest BCUT2D eigenvalue weighted by Crippen LogP contribution is 2.45. The van der Waals surface area contributed by atoms with E-state index in [-0.39, 0.29) is 12.1 Å². The summed E-state index contributed by atoms with van der Waals surface area (Å²) in [6.07, 6.45) is 0.965. The highest BCUT2D eigenvalue weighted by molar-refractivity contribution is 9.11. The molecule has 0 saturated carbocycles. The van der Waals surface area contributed by atoms with E-state index < -0.39 is 0 Å². The Labute approximate surface area is 146 Å². The van der Waals surface area contributed by atoms with Crippen molar-refractivity contribution in [2.45, 2.75) is 19.4 Å². The molecule has 112 valence electrons. The monoisotopic (exact) mass is 479 g/mol. The summed E-state index contributed by atoms with van der Waals surface area (Å²) in [5, 5.41) is 1.65. The van der Waals surface area contributed by atoms with Crippen LogP contribution in [0.25, 0.3) is 10.9 Å². The van der Waals surface area contributed by atoms with Gasteiger partial charge in [-0.05, 0) is 50.4 Å². The molecule has 3 rings (SSSR count). The van der Waals surface area contributed by atoms with E-state index in [1.807, 2.05) is 6.07 Å². The molecule has 0 spiro atoms. The van der Waals surface area contributed by atoms with Crippen LogP contribution in [0.3, 0.4) is 0 Å². The van der Waals surface area contributed by atoms with Crippen molar-refractivity contribution in [2.75, 3.05) is 11.9 Å². The summed E-state index contributed by atoms with van der Waals surface area (Å²) < 4.78 is 12.7. The molecular formula is C14H12Br3NO3. The Morgan fingerprint density at radius 3 is 2.95 bits per heavy atom. The molecular weight excluding hydrogens is 470 g/mol. The van der Waals surface area contributed by atoms with Gasteiger partial charge in [0.15, 0.2) is 0 Å². The third kappa shape index (κ3) is 2.53. The van der Waals surface area contributed by atoms with Gasteiger partial charge in [-0.1, -0.05) is 15.9 Å². The van der Waals surface area contributed by atoms with Gasteiger partial charge in [-0.15, -0.1) is 0 Å². The van der Waals surface area contributed by atoms with E-state index in [1.165, 1.54) is 0 Å². The number of benzene rings is 1. The van der Waals surface area contributed by atoms with E-state index in [0.717, 1.165) is 38.4 Å². The number of H-pyrrole nitrogens is 1. The molecule has 2 aromatic rings. The predicted octanol–water partition coefficient (Wildman–Crippen LogP) is 4.57. The predicted molar refractivity (Wildman–Crippen MR) is 91.6 cm³/mol. The quantitative estimate of drug-likeness (QED) is 0.516. The third-order valence-electron chi connectivity index (χ3n) is 3.38. The number of carbonyl (C=O) groups excluding carboxylic acids is 1.